The van der Waals surface area contributed by atoms with Gasteiger partial charge in [-0.1, -0.05) is 24.3 Å². The van der Waals surface area contributed by atoms with Gasteiger partial charge in [-0.15, -0.1) is 23.5 Å². The predicted octanol–water partition coefficient (Wildman–Crippen LogP) is 5.21. The maximum Gasteiger partial charge on any atom is 0.264 e. The first-order valence-electron chi connectivity index (χ1n) is 8.84. The Morgan fingerprint density at radius 1 is 1.12 bits per heavy atom. The number of amides is 1. The summed E-state index contributed by atoms with van der Waals surface area (Å²) >= 11 is 4.01. The summed E-state index contributed by atoms with van der Waals surface area (Å²) in [7, 11) is 1.80. The van der Waals surface area contributed by atoms with Crippen molar-refractivity contribution < 1.29 is 9.53 Å². The molecular formula is C21H25NO2S2. The zero-order chi connectivity index (χ0) is 18.5. The Labute approximate surface area is 164 Å². The topological polar surface area (TPSA) is 29.5 Å². The number of benzene rings is 2. The van der Waals surface area contributed by atoms with Crippen LogP contribution in [-0.2, 0) is 4.79 Å². The monoisotopic (exact) mass is 387 g/mol. The summed E-state index contributed by atoms with van der Waals surface area (Å²) < 4.78 is 6.24. The van der Waals surface area contributed by atoms with Crippen LogP contribution in [0.25, 0.3) is 0 Å². The van der Waals surface area contributed by atoms with E-state index in [0.29, 0.717) is 4.58 Å². The minimum atomic E-state index is -0.0545. The number of anilines is 1. The molecule has 0 saturated carbocycles. The van der Waals surface area contributed by atoms with Crippen molar-refractivity contribution in [2.45, 2.75) is 24.9 Å². The number of rotatable bonds is 5. The minimum absolute atomic E-state index is 0.0379. The van der Waals surface area contributed by atoms with Crippen LogP contribution in [0, 0.1) is 13.8 Å². The second-order valence-corrected chi connectivity index (χ2v) is 9.25. The Balaban J connectivity index is 1.57. The van der Waals surface area contributed by atoms with Gasteiger partial charge in [0.1, 0.15) is 5.75 Å². The Morgan fingerprint density at radius 3 is 2.50 bits per heavy atom. The first-order valence-corrected chi connectivity index (χ1v) is 10.9. The molecule has 0 atom stereocenters. The summed E-state index contributed by atoms with van der Waals surface area (Å²) in [6, 6.07) is 14.3. The minimum Gasteiger partial charge on any atom is -0.484 e. The summed E-state index contributed by atoms with van der Waals surface area (Å²) in [6.45, 7) is 4.08. The number of likely N-dealkylation sites (N-methyl/N-ethyl adjacent to an activating group) is 1. The molecule has 2 aromatic carbocycles. The zero-order valence-corrected chi connectivity index (χ0v) is 17.2. The van der Waals surface area contributed by atoms with Crippen LogP contribution in [0.3, 0.4) is 0 Å². The molecule has 1 fully saturated rings. The number of carbonyl (C=O) groups excluding carboxylic acids is 1. The maximum absolute atomic E-state index is 12.5. The van der Waals surface area contributed by atoms with E-state index < -0.39 is 0 Å². The fourth-order valence-corrected chi connectivity index (χ4v) is 5.75. The van der Waals surface area contributed by atoms with Crippen LogP contribution >= 0.6 is 23.5 Å². The first kappa shape index (κ1) is 19.2. The van der Waals surface area contributed by atoms with Crippen LogP contribution in [0.5, 0.6) is 5.75 Å². The van der Waals surface area contributed by atoms with Crippen molar-refractivity contribution in [1.82, 2.24) is 0 Å². The number of thioether (sulfide) groups is 2. The van der Waals surface area contributed by atoms with E-state index in [9.17, 15) is 4.79 Å². The van der Waals surface area contributed by atoms with Crippen molar-refractivity contribution in [2.75, 3.05) is 30.1 Å². The third-order valence-corrected chi connectivity index (χ3v) is 7.46. The van der Waals surface area contributed by atoms with E-state index in [-0.39, 0.29) is 12.5 Å². The lowest BCUT2D eigenvalue weighted by atomic mass is 10.1. The number of hydrogen-bond acceptors (Lipinski definition) is 4. The molecule has 1 aliphatic rings. The van der Waals surface area contributed by atoms with E-state index in [1.807, 2.05) is 61.6 Å². The SMILES string of the molecule is Cc1ccc(C)c(N(C)C(=O)COc2ccc(C3SCCCS3)cc2)c1. The number of nitrogens with zero attached hydrogens (tertiary/aromatic N) is 1. The second kappa shape index (κ2) is 8.87. The van der Waals surface area contributed by atoms with Gasteiger partial charge in [-0.2, -0.15) is 0 Å². The van der Waals surface area contributed by atoms with E-state index >= 15 is 0 Å². The third kappa shape index (κ3) is 4.77. The van der Waals surface area contributed by atoms with Crippen molar-refractivity contribution in [3.05, 3.63) is 59.2 Å². The summed E-state index contributed by atoms with van der Waals surface area (Å²) in [4.78, 5) is 14.2. The Hall–Kier alpha value is -1.59. The average Bonchev–Trinajstić information content (AvgIpc) is 2.68. The number of aryl methyl sites for hydroxylation is 2. The normalized spacial score (nSPS) is 14.9. The number of ether oxygens (including phenoxy) is 1. The lowest BCUT2D eigenvalue weighted by molar-refractivity contribution is -0.120. The van der Waals surface area contributed by atoms with E-state index in [2.05, 4.69) is 18.2 Å². The molecule has 5 heteroatoms. The molecule has 0 aliphatic carbocycles. The van der Waals surface area contributed by atoms with Crippen molar-refractivity contribution in [2.24, 2.45) is 0 Å². The number of hydrogen-bond donors (Lipinski definition) is 0. The molecule has 1 amide bonds. The molecule has 0 spiro atoms. The largest absolute Gasteiger partial charge is 0.484 e. The summed E-state index contributed by atoms with van der Waals surface area (Å²) in [5.74, 6) is 3.15. The van der Waals surface area contributed by atoms with Crippen LogP contribution in [0.15, 0.2) is 42.5 Å². The molecule has 0 unspecified atom stereocenters. The highest BCUT2D eigenvalue weighted by molar-refractivity contribution is 8.16. The van der Waals surface area contributed by atoms with Gasteiger partial charge in [-0.25, -0.2) is 0 Å². The van der Waals surface area contributed by atoms with Crippen molar-refractivity contribution in [3.8, 4) is 5.75 Å². The van der Waals surface area contributed by atoms with Crippen LogP contribution in [0.1, 0.15) is 27.7 Å². The van der Waals surface area contributed by atoms with Crippen LogP contribution in [-0.4, -0.2) is 31.1 Å². The molecule has 3 rings (SSSR count). The van der Waals surface area contributed by atoms with Gasteiger partial charge in [0.2, 0.25) is 0 Å². The van der Waals surface area contributed by atoms with E-state index in [0.717, 1.165) is 22.6 Å². The van der Waals surface area contributed by atoms with Gasteiger partial charge in [-0.3, -0.25) is 4.79 Å². The van der Waals surface area contributed by atoms with E-state index in [4.69, 9.17) is 4.74 Å². The molecule has 0 bridgehead atoms. The van der Waals surface area contributed by atoms with Crippen LogP contribution in [0.4, 0.5) is 5.69 Å². The fourth-order valence-electron chi connectivity index (χ4n) is 2.86. The van der Waals surface area contributed by atoms with E-state index in [1.165, 1.54) is 23.5 Å². The molecule has 2 aromatic rings. The smallest absolute Gasteiger partial charge is 0.264 e. The molecule has 0 aromatic heterocycles. The molecule has 3 nitrogen and oxygen atoms in total. The highest BCUT2D eigenvalue weighted by Crippen LogP contribution is 2.43. The van der Waals surface area contributed by atoms with Gasteiger partial charge in [0.15, 0.2) is 6.61 Å². The molecule has 26 heavy (non-hydrogen) atoms. The second-order valence-electron chi connectivity index (χ2n) is 6.53. The Kier molecular flexibility index (Phi) is 6.54. The van der Waals surface area contributed by atoms with Crippen molar-refractivity contribution in [1.29, 1.82) is 0 Å². The lowest BCUT2D eigenvalue weighted by Gasteiger charge is -2.22. The van der Waals surface area contributed by atoms with Gasteiger partial charge >= 0.3 is 0 Å². The molecule has 138 valence electrons. The quantitative estimate of drug-likeness (QED) is 0.704. The molecule has 0 radical (unpaired) electrons. The van der Waals surface area contributed by atoms with Crippen LogP contribution in [0.2, 0.25) is 0 Å². The first-order chi connectivity index (χ1) is 12.5. The fraction of sp³-hybridized carbons (Fsp3) is 0.381. The Bertz CT molecular complexity index is 755. The molecule has 1 aliphatic heterocycles. The van der Waals surface area contributed by atoms with Gasteiger partial charge in [0.25, 0.3) is 5.91 Å². The highest BCUT2D eigenvalue weighted by atomic mass is 32.2. The molecule has 1 heterocycles. The van der Waals surface area contributed by atoms with E-state index in [1.54, 1.807) is 11.9 Å². The zero-order valence-electron chi connectivity index (χ0n) is 15.5. The predicted molar refractivity (Wildman–Crippen MR) is 114 cm³/mol. The standard InChI is InChI=1S/C21H25NO2S2/c1-15-5-6-16(2)19(13-15)22(3)20(23)14-24-18-9-7-17(8-10-18)21-25-11-4-12-26-21/h5-10,13,21H,4,11-12,14H2,1-3H3. The molecule has 1 saturated heterocycles. The molecule has 0 N–H and O–H groups in total. The summed E-state index contributed by atoms with van der Waals surface area (Å²) in [5, 5.41) is 0. The summed E-state index contributed by atoms with van der Waals surface area (Å²) in [5.41, 5.74) is 4.48. The van der Waals surface area contributed by atoms with Gasteiger partial charge < -0.3 is 9.64 Å². The van der Waals surface area contributed by atoms with Crippen molar-refractivity contribution in [3.63, 3.8) is 0 Å². The van der Waals surface area contributed by atoms with Gasteiger partial charge in [-0.05, 0) is 66.7 Å². The van der Waals surface area contributed by atoms with Crippen molar-refractivity contribution >= 4 is 35.1 Å². The molecular weight excluding hydrogens is 362 g/mol. The third-order valence-electron chi connectivity index (χ3n) is 4.44. The van der Waals surface area contributed by atoms with Gasteiger partial charge in [0, 0.05) is 12.7 Å². The highest BCUT2D eigenvalue weighted by Gasteiger charge is 2.17. The average molecular weight is 388 g/mol. The summed E-state index contributed by atoms with van der Waals surface area (Å²) in [6.07, 6.45) is 1.29. The lowest BCUT2D eigenvalue weighted by Crippen LogP contribution is -2.31. The van der Waals surface area contributed by atoms with Crippen LogP contribution < -0.4 is 9.64 Å². The van der Waals surface area contributed by atoms with Gasteiger partial charge in [0.05, 0.1) is 4.58 Å². The Morgan fingerprint density at radius 2 is 1.81 bits per heavy atom. The number of carbonyl (C=O) groups is 1. The maximum atomic E-state index is 12.5.